The Morgan fingerprint density at radius 3 is 2.50 bits per heavy atom. The summed E-state index contributed by atoms with van der Waals surface area (Å²) in [7, 11) is -0.779. The Morgan fingerprint density at radius 1 is 1.30 bits per heavy atom. The summed E-state index contributed by atoms with van der Waals surface area (Å²) in [6, 6.07) is 3.84. The first-order valence-corrected chi connectivity index (χ1v) is 7.30. The Balaban J connectivity index is 0.00000361. The third kappa shape index (κ3) is 5.26. The van der Waals surface area contributed by atoms with E-state index in [0.29, 0.717) is 6.54 Å². The molecule has 0 heterocycles. The van der Waals surface area contributed by atoms with E-state index in [1.165, 1.54) is 25.3 Å². The highest BCUT2D eigenvalue weighted by atomic mass is 35.5. The van der Waals surface area contributed by atoms with E-state index in [1.807, 2.05) is 0 Å². The van der Waals surface area contributed by atoms with Crippen molar-refractivity contribution in [3.05, 3.63) is 28.8 Å². The number of rotatable bonds is 6. The Bertz CT molecular complexity index is 564. The Kier molecular flexibility index (Phi) is 8.07. The summed E-state index contributed by atoms with van der Waals surface area (Å²) in [6.07, 6.45) is 0. The second kappa shape index (κ2) is 8.43. The molecule has 0 atom stereocenters. The minimum absolute atomic E-state index is 0. The maximum absolute atomic E-state index is 12.0. The molecule has 0 aliphatic rings. The number of nitrogens with one attached hydrogen (secondary N) is 2. The topological polar surface area (TPSA) is 84.5 Å². The van der Waals surface area contributed by atoms with Crippen molar-refractivity contribution in [3.63, 3.8) is 0 Å². The van der Waals surface area contributed by atoms with Crippen LogP contribution >= 0.6 is 24.0 Å². The molecule has 1 aromatic rings. The number of likely N-dealkylation sites (N-methyl/N-ethyl adjacent to an activating group) is 1. The zero-order valence-corrected chi connectivity index (χ0v) is 13.4. The van der Waals surface area contributed by atoms with E-state index >= 15 is 0 Å². The SMILES string of the molecule is CNCCNS(=O)(=O)c1cc(Cl)cc(C(=O)OC)c1.Cl. The highest BCUT2D eigenvalue weighted by Crippen LogP contribution is 2.19. The Labute approximate surface area is 129 Å². The van der Waals surface area contributed by atoms with Crippen LogP contribution in [0.5, 0.6) is 0 Å². The molecule has 0 radical (unpaired) electrons. The third-order valence-electron chi connectivity index (χ3n) is 2.27. The summed E-state index contributed by atoms with van der Waals surface area (Å²) < 4.78 is 30.9. The van der Waals surface area contributed by atoms with Gasteiger partial charge in [0.1, 0.15) is 0 Å². The number of sulfonamides is 1. The molecule has 9 heteroatoms. The van der Waals surface area contributed by atoms with Gasteiger partial charge in [0.05, 0.1) is 17.6 Å². The third-order valence-corrected chi connectivity index (χ3v) is 3.93. The summed E-state index contributed by atoms with van der Waals surface area (Å²) in [5.74, 6) is -0.644. The molecule has 2 N–H and O–H groups in total. The molecule has 0 amide bonds. The summed E-state index contributed by atoms with van der Waals surface area (Å²) in [6.45, 7) is 0.725. The van der Waals surface area contributed by atoms with Gasteiger partial charge >= 0.3 is 5.97 Å². The van der Waals surface area contributed by atoms with Gasteiger partial charge in [-0.2, -0.15) is 0 Å². The van der Waals surface area contributed by atoms with Crippen LogP contribution in [0.3, 0.4) is 0 Å². The molecule has 0 saturated heterocycles. The van der Waals surface area contributed by atoms with E-state index in [1.54, 1.807) is 7.05 Å². The van der Waals surface area contributed by atoms with E-state index in [0.717, 1.165) is 0 Å². The van der Waals surface area contributed by atoms with Crippen molar-refractivity contribution in [2.45, 2.75) is 4.90 Å². The minimum Gasteiger partial charge on any atom is -0.465 e. The van der Waals surface area contributed by atoms with E-state index in [2.05, 4.69) is 14.8 Å². The first kappa shape index (κ1) is 19.1. The van der Waals surface area contributed by atoms with E-state index < -0.39 is 16.0 Å². The minimum atomic E-state index is -3.70. The van der Waals surface area contributed by atoms with Gasteiger partial charge in [0.2, 0.25) is 10.0 Å². The summed E-state index contributed by atoms with van der Waals surface area (Å²) in [4.78, 5) is 11.3. The van der Waals surface area contributed by atoms with Crippen LogP contribution in [0.1, 0.15) is 10.4 Å². The largest absolute Gasteiger partial charge is 0.465 e. The Morgan fingerprint density at radius 2 is 1.95 bits per heavy atom. The molecule has 0 saturated carbocycles. The fraction of sp³-hybridized carbons (Fsp3) is 0.364. The van der Waals surface area contributed by atoms with Crippen LogP contribution in [0, 0.1) is 0 Å². The van der Waals surface area contributed by atoms with E-state index in [-0.39, 0.29) is 34.4 Å². The van der Waals surface area contributed by atoms with Crippen molar-refractivity contribution < 1.29 is 17.9 Å². The average Bonchev–Trinajstić information content (AvgIpc) is 2.37. The monoisotopic (exact) mass is 342 g/mol. The number of carbonyl (C=O) groups is 1. The smallest absolute Gasteiger partial charge is 0.337 e. The predicted octanol–water partition coefficient (Wildman–Crippen LogP) is 1.05. The lowest BCUT2D eigenvalue weighted by Crippen LogP contribution is -2.30. The number of carbonyl (C=O) groups excluding carboxylic acids is 1. The predicted molar refractivity (Wildman–Crippen MR) is 79.2 cm³/mol. The normalized spacial score (nSPS) is 10.8. The van der Waals surface area contributed by atoms with Crippen molar-refractivity contribution in [3.8, 4) is 0 Å². The molecule has 0 aliphatic heterocycles. The van der Waals surface area contributed by atoms with Crippen molar-refractivity contribution >= 4 is 40.0 Å². The number of hydrogen-bond donors (Lipinski definition) is 2. The first-order valence-electron chi connectivity index (χ1n) is 5.44. The van der Waals surface area contributed by atoms with Gasteiger partial charge in [-0.1, -0.05) is 11.6 Å². The molecule has 0 aromatic heterocycles. The second-order valence-electron chi connectivity index (χ2n) is 3.67. The molecule has 0 bridgehead atoms. The number of halogens is 2. The maximum atomic E-state index is 12.0. The molecule has 0 unspecified atom stereocenters. The van der Waals surface area contributed by atoms with Crippen LogP contribution in [0.2, 0.25) is 5.02 Å². The highest BCUT2D eigenvalue weighted by molar-refractivity contribution is 7.89. The van der Waals surface area contributed by atoms with Crippen LogP contribution in [-0.4, -0.2) is 41.6 Å². The van der Waals surface area contributed by atoms with Crippen LogP contribution in [-0.2, 0) is 14.8 Å². The molecule has 20 heavy (non-hydrogen) atoms. The van der Waals surface area contributed by atoms with Crippen molar-refractivity contribution in [1.29, 1.82) is 0 Å². The van der Waals surface area contributed by atoms with Gasteiger partial charge in [0, 0.05) is 18.1 Å². The van der Waals surface area contributed by atoms with Gasteiger partial charge in [-0.25, -0.2) is 17.9 Å². The van der Waals surface area contributed by atoms with Crippen molar-refractivity contribution in [2.75, 3.05) is 27.2 Å². The lowest BCUT2D eigenvalue weighted by atomic mass is 10.2. The van der Waals surface area contributed by atoms with Crippen molar-refractivity contribution in [2.24, 2.45) is 0 Å². The lowest BCUT2D eigenvalue weighted by Gasteiger charge is -2.08. The molecule has 0 spiro atoms. The zero-order valence-electron chi connectivity index (χ0n) is 11.0. The van der Waals surface area contributed by atoms with Crippen LogP contribution in [0.4, 0.5) is 0 Å². The quantitative estimate of drug-likeness (QED) is 0.596. The molecule has 0 aliphatic carbocycles. The number of benzene rings is 1. The van der Waals surface area contributed by atoms with Gasteiger partial charge in [-0.3, -0.25) is 0 Å². The summed E-state index contributed by atoms with van der Waals surface area (Å²) in [5, 5.41) is 2.96. The van der Waals surface area contributed by atoms with Gasteiger partial charge in [0.15, 0.2) is 0 Å². The summed E-state index contributed by atoms with van der Waals surface area (Å²) >= 11 is 5.81. The zero-order chi connectivity index (χ0) is 14.5. The van der Waals surface area contributed by atoms with Crippen molar-refractivity contribution in [1.82, 2.24) is 10.0 Å². The highest BCUT2D eigenvalue weighted by Gasteiger charge is 2.17. The van der Waals surface area contributed by atoms with Gasteiger partial charge < -0.3 is 10.1 Å². The molecule has 114 valence electrons. The van der Waals surface area contributed by atoms with E-state index in [4.69, 9.17) is 11.6 Å². The molecule has 0 fully saturated rings. The number of esters is 1. The lowest BCUT2D eigenvalue weighted by molar-refractivity contribution is 0.0600. The standard InChI is InChI=1S/C11H15ClN2O4S.ClH/c1-13-3-4-14-19(16,17)10-6-8(11(15)18-2)5-9(12)7-10;/h5-7,13-14H,3-4H2,1-2H3;1H. The Hall–Kier alpha value is -0.860. The average molecular weight is 343 g/mol. The van der Waals surface area contributed by atoms with Gasteiger partial charge in [0.25, 0.3) is 0 Å². The fourth-order valence-corrected chi connectivity index (χ4v) is 2.75. The van der Waals surface area contributed by atoms with Crippen LogP contribution in [0.25, 0.3) is 0 Å². The molecular formula is C11H16Cl2N2O4S. The first-order chi connectivity index (χ1) is 8.90. The molecule has 6 nitrogen and oxygen atoms in total. The summed E-state index contributed by atoms with van der Waals surface area (Å²) in [5.41, 5.74) is 0.0870. The number of methoxy groups -OCH3 is 1. The van der Waals surface area contributed by atoms with E-state index in [9.17, 15) is 13.2 Å². The molecular weight excluding hydrogens is 327 g/mol. The van der Waals surface area contributed by atoms with Gasteiger partial charge in [-0.15, -0.1) is 12.4 Å². The van der Waals surface area contributed by atoms with Gasteiger partial charge in [-0.05, 0) is 25.2 Å². The number of hydrogen-bond acceptors (Lipinski definition) is 5. The molecule has 1 aromatic carbocycles. The second-order valence-corrected chi connectivity index (χ2v) is 5.87. The number of ether oxygens (including phenoxy) is 1. The fourth-order valence-electron chi connectivity index (χ4n) is 1.35. The molecule has 1 rings (SSSR count). The maximum Gasteiger partial charge on any atom is 0.337 e. The van der Waals surface area contributed by atoms with Crippen LogP contribution in [0.15, 0.2) is 23.1 Å². The van der Waals surface area contributed by atoms with Crippen LogP contribution < -0.4 is 10.0 Å².